The normalized spacial score (nSPS) is 24.1. The fourth-order valence-electron chi connectivity index (χ4n) is 2.09. The molecule has 1 fully saturated rings. The average Bonchev–Trinajstić information content (AvgIpc) is 2.61. The topological polar surface area (TPSA) is 20.3 Å². The second-order valence-electron chi connectivity index (χ2n) is 4.31. The average molecular weight is 243 g/mol. The van der Waals surface area contributed by atoms with Crippen molar-refractivity contribution in [1.29, 1.82) is 0 Å². The molecular formula is C12H12F3NO. The number of rotatable bonds is 1. The highest BCUT2D eigenvalue weighted by molar-refractivity contribution is 5.73. The second kappa shape index (κ2) is 4.05. The molecule has 0 saturated carbocycles. The van der Waals surface area contributed by atoms with Crippen LogP contribution in [0.4, 0.5) is 13.2 Å². The van der Waals surface area contributed by atoms with Crippen molar-refractivity contribution in [3.05, 3.63) is 35.4 Å². The van der Waals surface area contributed by atoms with Gasteiger partial charge in [-0.15, -0.1) is 0 Å². The van der Waals surface area contributed by atoms with E-state index < -0.39 is 17.3 Å². The molecule has 1 aromatic rings. The Labute approximate surface area is 97.0 Å². The van der Waals surface area contributed by atoms with E-state index in [1.165, 1.54) is 11.8 Å². The molecule has 0 N–H and O–H groups in total. The first kappa shape index (κ1) is 12.0. The number of nitrogens with zero attached hydrogens (tertiary/aromatic N) is 1. The SMILES string of the molecule is CC(=O)N1CC[C@](F)(c2cc(F)cc(F)c2)C1. The summed E-state index contributed by atoms with van der Waals surface area (Å²) in [5, 5.41) is 0. The van der Waals surface area contributed by atoms with Gasteiger partial charge in [0.25, 0.3) is 0 Å². The van der Waals surface area contributed by atoms with Crippen LogP contribution in [-0.4, -0.2) is 23.9 Å². The van der Waals surface area contributed by atoms with Gasteiger partial charge in [-0.05, 0) is 17.7 Å². The molecule has 1 aromatic carbocycles. The number of halogens is 3. The minimum atomic E-state index is -1.85. The molecule has 17 heavy (non-hydrogen) atoms. The minimum Gasteiger partial charge on any atom is -0.339 e. The van der Waals surface area contributed by atoms with Gasteiger partial charge >= 0.3 is 0 Å². The summed E-state index contributed by atoms with van der Waals surface area (Å²) in [5.74, 6) is -1.85. The Hall–Kier alpha value is -1.52. The summed E-state index contributed by atoms with van der Waals surface area (Å²) in [5.41, 5.74) is -1.90. The third kappa shape index (κ3) is 2.28. The third-order valence-corrected chi connectivity index (χ3v) is 3.04. The number of hydrogen-bond acceptors (Lipinski definition) is 1. The Kier molecular flexibility index (Phi) is 2.85. The van der Waals surface area contributed by atoms with Gasteiger partial charge in [0, 0.05) is 26.0 Å². The highest BCUT2D eigenvalue weighted by Gasteiger charge is 2.41. The van der Waals surface area contributed by atoms with E-state index in [9.17, 15) is 18.0 Å². The molecule has 0 unspecified atom stereocenters. The highest BCUT2D eigenvalue weighted by atomic mass is 19.1. The fraction of sp³-hybridized carbons (Fsp3) is 0.417. The molecule has 0 aliphatic carbocycles. The number of carbonyl (C=O) groups is 1. The largest absolute Gasteiger partial charge is 0.339 e. The third-order valence-electron chi connectivity index (χ3n) is 3.04. The van der Waals surface area contributed by atoms with Crippen LogP contribution in [0.1, 0.15) is 18.9 Å². The number of amides is 1. The molecule has 0 aromatic heterocycles. The van der Waals surface area contributed by atoms with Gasteiger partial charge in [-0.2, -0.15) is 0 Å². The zero-order chi connectivity index (χ0) is 12.6. The molecule has 0 bridgehead atoms. The molecule has 1 heterocycles. The van der Waals surface area contributed by atoms with Crippen LogP contribution in [0.2, 0.25) is 0 Å². The monoisotopic (exact) mass is 243 g/mol. The molecule has 2 rings (SSSR count). The molecule has 1 saturated heterocycles. The van der Waals surface area contributed by atoms with Gasteiger partial charge in [-0.25, -0.2) is 13.2 Å². The number of benzene rings is 1. The first-order valence-electron chi connectivity index (χ1n) is 5.32. The lowest BCUT2D eigenvalue weighted by molar-refractivity contribution is -0.128. The number of alkyl halides is 1. The lowest BCUT2D eigenvalue weighted by Crippen LogP contribution is -2.30. The molecule has 1 amide bonds. The van der Waals surface area contributed by atoms with Crippen molar-refractivity contribution < 1.29 is 18.0 Å². The number of hydrogen-bond donors (Lipinski definition) is 0. The van der Waals surface area contributed by atoms with E-state index in [-0.39, 0.29) is 31.0 Å². The Morgan fingerprint density at radius 1 is 1.29 bits per heavy atom. The molecule has 5 heteroatoms. The lowest BCUT2D eigenvalue weighted by Gasteiger charge is -2.20. The van der Waals surface area contributed by atoms with Crippen LogP contribution in [-0.2, 0) is 10.5 Å². The maximum absolute atomic E-state index is 14.5. The molecule has 92 valence electrons. The maximum atomic E-state index is 14.5. The first-order valence-corrected chi connectivity index (χ1v) is 5.32. The second-order valence-corrected chi connectivity index (χ2v) is 4.31. The van der Waals surface area contributed by atoms with Crippen molar-refractivity contribution in [2.75, 3.05) is 13.1 Å². The van der Waals surface area contributed by atoms with Crippen molar-refractivity contribution in [2.45, 2.75) is 19.0 Å². The zero-order valence-corrected chi connectivity index (χ0v) is 9.34. The minimum absolute atomic E-state index is 0.0428. The highest BCUT2D eigenvalue weighted by Crippen LogP contribution is 2.36. The van der Waals surface area contributed by atoms with E-state index in [1.54, 1.807) is 0 Å². The molecule has 0 spiro atoms. The van der Waals surface area contributed by atoms with Crippen LogP contribution in [0.25, 0.3) is 0 Å². The van der Waals surface area contributed by atoms with Crippen LogP contribution >= 0.6 is 0 Å². The summed E-state index contributed by atoms with van der Waals surface area (Å²) in [6.45, 7) is 1.47. The van der Waals surface area contributed by atoms with Gasteiger partial charge in [0.05, 0.1) is 6.54 Å². The van der Waals surface area contributed by atoms with Crippen LogP contribution in [0.15, 0.2) is 18.2 Å². The molecule has 1 aliphatic heterocycles. The molecular weight excluding hydrogens is 231 g/mol. The Morgan fingerprint density at radius 3 is 2.35 bits per heavy atom. The molecule has 1 atom stereocenters. The van der Waals surface area contributed by atoms with Crippen molar-refractivity contribution in [1.82, 2.24) is 4.90 Å². The standard InChI is InChI=1S/C12H12F3NO/c1-8(17)16-3-2-12(15,7-16)9-4-10(13)6-11(14)5-9/h4-6H,2-3,7H2,1H3/t12-/m1/s1. The van der Waals surface area contributed by atoms with E-state index >= 15 is 0 Å². The molecule has 1 aliphatic rings. The zero-order valence-electron chi connectivity index (χ0n) is 9.34. The Bertz CT molecular complexity index is 443. The fourth-order valence-corrected chi connectivity index (χ4v) is 2.09. The predicted molar refractivity (Wildman–Crippen MR) is 56.0 cm³/mol. The van der Waals surface area contributed by atoms with Gasteiger partial charge < -0.3 is 4.90 Å². The summed E-state index contributed by atoms with van der Waals surface area (Å²) < 4.78 is 40.5. The smallest absolute Gasteiger partial charge is 0.219 e. The van der Waals surface area contributed by atoms with E-state index in [0.29, 0.717) is 6.07 Å². The van der Waals surface area contributed by atoms with E-state index in [1.807, 2.05) is 0 Å². The van der Waals surface area contributed by atoms with Gasteiger partial charge in [0.15, 0.2) is 5.67 Å². The van der Waals surface area contributed by atoms with Crippen LogP contribution < -0.4 is 0 Å². The maximum Gasteiger partial charge on any atom is 0.219 e. The Balaban J connectivity index is 2.30. The van der Waals surface area contributed by atoms with E-state index in [0.717, 1.165) is 12.1 Å². The Morgan fingerprint density at radius 2 is 1.88 bits per heavy atom. The van der Waals surface area contributed by atoms with Crippen LogP contribution in [0.5, 0.6) is 0 Å². The number of likely N-dealkylation sites (tertiary alicyclic amines) is 1. The van der Waals surface area contributed by atoms with Gasteiger partial charge in [-0.3, -0.25) is 4.79 Å². The summed E-state index contributed by atoms with van der Waals surface area (Å²) in [6, 6.07) is 2.66. The van der Waals surface area contributed by atoms with Crippen molar-refractivity contribution >= 4 is 5.91 Å². The van der Waals surface area contributed by atoms with Gasteiger partial charge in [0.1, 0.15) is 11.6 Å². The van der Waals surface area contributed by atoms with Gasteiger partial charge in [-0.1, -0.05) is 0 Å². The first-order chi connectivity index (χ1) is 7.90. The van der Waals surface area contributed by atoms with Crippen molar-refractivity contribution in [2.24, 2.45) is 0 Å². The lowest BCUT2D eigenvalue weighted by atomic mass is 9.95. The van der Waals surface area contributed by atoms with E-state index in [4.69, 9.17) is 0 Å². The summed E-state index contributed by atoms with van der Waals surface area (Å²) in [7, 11) is 0. The summed E-state index contributed by atoms with van der Waals surface area (Å²) >= 11 is 0. The molecule has 2 nitrogen and oxygen atoms in total. The van der Waals surface area contributed by atoms with Gasteiger partial charge in [0.2, 0.25) is 5.91 Å². The quantitative estimate of drug-likeness (QED) is 0.741. The predicted octanol–water partition coefficient (Wildman–Crippen LogP) is 2.38. The van der Waals surface area contributed by atoms with Crippen LogP contribution in [0.3, 0.4) is 0 Å². The van der Waals surface area contributed by atoms with Crippen LogP contribution in [0, 0.1) is 11.6 Å². The molecule has 0 radical (unpaired) electrons. The van der Waals surface area contributed by atoms with Crippen molar-refractivity contribution in [3.63, 3.8) is 0 Å². The van der Waals surface area contributed by atoms with Crippen molar-refractivity contribution in [3.8, 4) is 0 Å². The summed E-state index contributed by atoms with van der Waals surface area (Å²) in [6.07, 6.45) is 0.0650. The summed E-state index contributed by atoms with van der Waals surface area (Å²) in [4.78, 5) is 12.4. The van der Waals surface area contributed by atoms with E-state index in [2.05, 4.69) is 0 Å². The number of carbonyl (C=O) groups excluding carboxylic acids is 1.